The first-order valence-corrected chi connectivity index (χ1v) is 3.71. The normalized spacial score (nSPS) is 16.3. The number of hydrogen-bond acceptors (Lipinski definition) is 1. The van der Waals surface area contributed by atoms with E-state index in [1.165, 1.54) is 0 Å². The second kappa shape index (κ2) is 4.42. The van der Waals surface area contributed by atoms with E-state index in [4.69, 9.17) is 0 Å². The molecule has 1 unspecified atom stereocenters. The molecule has 2 heteroatoms. The number of rotatable bonds is 5. The summed E-state index contributed by atoms with van der Waals surface area (Å²) >= 11 is 0. The molecule has 0 N–H and O–H groups in total. The second-order valence-corrected chi connectivity index (χ2v) is 2.92. The first kappa shape index (κ1) is 9.60. The van der Waals surface area contributed by atoms with Crippen molar-refractivity contribution in [2.75, 3.05) is 6.67 Å². The molecule has 0 bridgehead atoms. The highest BCUT2D eigenvalue weighted by Gasteiger charge is 2.19. The molecule has 0 fully saturated rings. The fraction of sp³-hybridized carbons (Fsp3) is 0.875. The van der Waals surface area contributed by atoms with E-state index in [2.05, 4.69) is 0 Å². The third kappa shape index (κ3) is 2.95. The number of halogens is 1. The summed E-state index contributed by atoms with van der Waals surface area (Å²) in [5, 5.41) is 0. The van der Waals surface area contributed by atoms with Gasteiger partial charge in [-0.05, 0) is 19.3 Å². The van der Waals surface area contributed by atoms with Crippen LogP contribution in [0.25, 0.3) is 0 Å². The van der Waals surface area contributed by atoms with Crippen molar-refractivity contribution in [3.05, 3.63) is 0 Å². The summed E-state index contributed by atoms with van der Waals surface area (Å²) < 4.78 is 11.7. The highest BCUT2D eigenvalue weighted by atomic mass is 19.1. The number of hydrogen-bond donors (Lipinski definition) is 0. The van der Waals surface area contributed by atoms with Crippen molar-refractivity contribution in [2.24, 2.45) is 5.41 Å². The van der Waals surface area contributed by atoms with Crippen LogP contribution in [0.1, 0.15) is 33.1 Å². The summed E-state index contributed by atoms with van der Waals surface area (Å²) in [6.45, 7) is 3.51. The third-order valence-electron chi connectivity index (χ3n) is 1.97. The minimum atomic E-state index is -0.316. The van der Waals surface area contributed by atoms with Gasteiger partial charge in [0.2, 0.25) is 0 Å². The molecule has 0 rings (SSSR count). The predicted molar refractivity (Wildman–Crippen MR) is 39.7 cm³/mol. The van der Waals surface area contributed by atoms with Crippen molar-refractivity contribution < 1.29 is 9.18 Å². The van der Waals surface area contributed by atoms with E-state index in [1.54, 1.807) is 0 Å². The summed E-state index contributed by atoms with van der Waals surface area (Å²) in [6.07, 6.45) is 2.91. The van der Waals surface area contributed by atoms with Gasteiger partial charge in [-0.3, -0.25) is 4.39 Å². The Bertz CT molecular complexity index is 103. The summed E-state index contributed by atoms with van der Waals surface area (Å²) in [5.41, 5.74) is -0.286. The Hall–Kier alpha value is -0.400. The highest BCUT2D eigenvalue weighted by Crippen LogP contribution is 2.23. The van der Waals surface area contributed by atoms with Crippen LogP contribution in [-0.4, -0.2) is 13.0 Å². The lowest BCUT2D eigenvalue weighted by Gasteiger charge is -2.19. The number of alkyl halides is 1. The van der Waals surface area contributed by atoms with Crippen molar-refractivity contribution in [1.82, 2.24) is 0 Å². The van der Waals surface area contributed by atoms with Crippen molar-refractivity contribution in [3.8, 4) is 0 Å². The monoisotopic (exact) mass is 146 g/mol. The van der Waals surface area contributed by atoms with Crippen LogP contribution >= 0.6 is 0 Å². The Morgan fingerprint density at radius 2 is 2.20 bits per heavy atom. The van der Waals surface area contributed by atoms with Gasteiger partial charge in [0.25, 0.3) is 0 Å². The zero-order valence-electron chi connectivity index (χ0n) is 6.69. The first-order valence-electron chi connectivity index (χ1n) is 3.71. The molecule has 0 aromatic rings. The number of carbonyl (C=O) groups excluding carboxylic acids is 1. The highest BCUT2D eigenvalue weighted by molar-refractivity contribution is 5.58. The second-order valence-electron chi connectivity index (χ2n) is 2.92. The molecular weight excluding hydrogens is 131 g/mol. The van der Waals surface area contributed by atoms with Gasteiger partial charge in [-0.25, -0.2) is 0 Å². The fourth-order valence-corrected chi connectivity index (χ4v) is 0.790. The minimum Gasteiger partial charge on any atom is -0.303 e. The fourth-order valence-electron chi connectivity index (χ4n) is 0.790. The van der Waals surface area contributed by atoms with Gasteiger partial charge in [-0.15, -0.1) is 0 Å². The van der Waals surface area contributed by atoms with E-state index in [9.17, 15) is 9.18 Å². The van der Waals surface area contributed by atoms with Crippen LogP contribution in [0, 0.1) is 5.41 Å². The molecule has 1 atom stereocenters. The van der Waals surface area contributed by atoms with E-state index in [0.717, 1.165) is 12.7 Å². The van der Waals surface area contributed by atoms with Crippen LogP contribution in [-0.2, 0) is 4.79 Å². The van der Waals surface area contributed by atoms with E-state index >= 15 is 0 Å². The van der Waals surface area contributed by atoms with Gasteiger partial charge in [-0.2, -0.15) is 0 Å². The Morgan fingerprint density at radius 3 is 2.50 bits per heavy atom. The van der Waals surface area contributed by atoms with E-state index in [1.807, 2.05) is 13.8 Å². The largest absolute Gasteiger partial charge is 0.303 e. The molecule has 0 aliphatic rings. The standard InChI is InChI=1S/C8H15FO/c1-3-8(2,7-10)5-4-6-9/h7H,3-6H2,1-2H3. The van der Waals surface area contributed by atoms with Gasteiger partial charge in [0.15, 0.2) is 0 Å². The van der Waals surface area contributed by atoms with Crippen LogP contribution in [0.4, 0.5) is 4.39 Å². The minimum absolute atomic E-state index is 0.286. The molecule has 0 radical (unpaired) electrons. The van der Waals surface area contributed by atoms with Gasteiger partial charge in [0.1, 0.15) is 6.29 Å². The van der Waals surface area contributed by atoms with Crippen molar-refractivity contribution in [2.45, 2.75) is 33.1 Å². The lowest BCUT2D eigenvalue weighted by molar-refractivity contribution is -0.116. The predicted octanol–water partition coefficient (Wildman–Crippen LogP) is 2.35. The molecule has 0 aromatic heterocycles. The lowest BCUT2D eigenvalue weighted by atomic mass is 9.85. The first-order chi connectivity index (χ1) is 4.68. The van der Waals surface area contributed by atoms with Gasteiger partial charge < -0.3 is 4.79 Å². The molecule has 0 spiro atoms. The van der Waals surface area contributed by atoms with Crippen molar-refractivity contribution in [1.29, 1.82) is 0 Å². The Morgan fingerprint density at radius 1 is 1.60 bits per heavy atom. The van der Waals surface area contributed by atoms with Crippen molar-refractivity contribution in [3.63, 3.8) is 0 Å². The van der Waals surface area contributed by atoms with Crippen LogP contribution in [0.2, 0.25) is 0 Å². The number of carbonyl (C=O) groups is 1. The van der Waals surface area contributed by atoms with E-state index in [-0.39, 0.29) is 12.1 Å². The van der Waals surface area contributed by atoms with Gasteiger partial charge in [0, 0.05) is 5.41 Å². The molecule has 1 nitrogen and oxygen atoms in total. The zero-order chi connectivity index (χ0) is 8.04. The molecular formula is C8H15FO. The molecule has 0 aliphatic heterocycles. The van der Waals surface area contributed by atoms with Crippen molar-refractivity contribution >= 4 is 6.29 Å². The molecule has 0 amide bonds. The van der Waals surface area contributed by atoms with E-state index in [0.29, 0.717) is 12.8 Å². The average molecular weight is 146 g/mol. The summed E-state index contributed by atoms with van der Waals surface area (Å²) in [7, 11) is 0. The van der Waals surface area contributed by atoms with Gasteiger partial charge in [-0.1, -0.05) is 13.8 Å². The Labute approximate surface area is 61.6 Å². The average Bonchev–Trinajstić information content (AvgIpc) is 2.00. The molecule has 10 heavy (non-hydrogen) atoms. The summed E-state index contributed by atoms with van der Waals surface area (Å²) in [4.78, 5) is 10.4. The van der Waals surface area contributed by atoms with E-state index < -0.39 is 0 Å². The zero-order valence-corrected chi connectivity index (χ0v) is 6.69. The maximum Gasteiger partial charge on any atom is 0.125 e. The summed E-state index contributed by atoms with van der Waals surface area (Å²) in [6, 6.07) is 0. The van der Waals surface area contributed by atoms with Gasteiger partial charge >= 0.3 is 0 Å². The third-order valence-corrected chi connectivity index (χ3v) is 1.97. The maximum atomic E-state index is 11.7. The quantitative estimate of drug-likeness (QED) is 0.544. The molecule has 0 saturated heterocycles. The van der Waals surface area contributed by atoms with Gasteiger partial charge in [0.05, 0.1) is 6.67 Å². The molecule has 0 heterocycles. The topological polar surface area (TPSA) is 17.1 Å². The van der Waals surface area contributed by atoms with Crippen LogP contribution in [0.3, 0.4) is 0 Å². The maximum absolute atomic E-state index is 11.7. The summed E-state index contributed by atoms with van der Waals surface area (Å²) in [5.74, 6) is 0. The molecule has 60 valence electrons. The Balaban J connectivity index is 3.68. The number of aldehydes is 1. The lowest BCUT2D eigenvalue weighted by Crippen LogP contribution is -2.16. The molecule has 0 saturated carbocycles. The molecule has 0 aromatic carbocycles. The van der Waals surface area contributed by atoms with Crippen LogP contribution in [0.5, 0.6) is 0 Å². The Kier molecular flexibility index (Phi) is 4.24. The smallest absolute Gasteiger partial charge is 0.125 e. The SMILES string of the molecule is CCC(C)(C=O)CCCF. The van der Waals surface area contributed by atoms with Crippen LogP contribution in [0.15, 0.2) is 0 Å². The molecule has 0 aliphatic carbocycles. The van der Waals surface area contributed by atoms with Crippen LogP contribution < -0.4 is 0 Å².